The molecule has 1 atom stereocenters. The molecular formula is C17H13F2NO4. The molecule has 0 aliphatic rings. The first-order valence-corrected chi connectivity index (χ1v) is 7.09. The molecule has 0 aliphatic heterocycles. The highest BCUT2D eigenvalue weighted by Gasteiger charge is 2.16. The Balaban J connectivity index is 1.62. The first kappa shape index (κ1) is 15.9. The smallest absolute Gasteiger partial charge is 0.251 e. The number of aliphatic hydroxyl groups excluding tert-OH is 1. The molecule has 3 aromatic rings. The van der Waals surface area contributed by atoms with Gasteiger partial charge in [0.25, 0.3) is 5.91 Å². The van der Waals surface area contributed by atoms with Crippen molar-refractivity contribution in [3.8, 4) is 11.5 Å². The maximum Gasteiger partial charge on any atom is 0.251 e. The first-order valence-electron chi connectivity index (χ1n) is 7.09. The molecule has 7 heteroatoms. The Morgan fingerprint density at radius 3 is 2.67 bits per heavy atom. The number of aliphatic hydroxyl groups is 1. The number of amides is 1. The van der Waals surface area contributed by atoms with Crippen molar-refractivity contribution in [3.63, 3.8) is 0 Å². The van der Waals surface area contributed by atoms with Crippen molar-refractivity contribution in [3.05, 3.63) is 71.7 Å². The first-order chi connectivity index (χ1) is 11.5. The van der Waals surface area contributed by atoms with Gasteiger partial charge in [-0.3, -0.25) is 4.79 Å². The Bertz CT molecular complexity index is 842. The summed E-state index contributed by atoms with van der Waals surface area (Å²) in [6.45, 7) is -0.150. The zero-order chi connectivity index (χ0) is 17.1. The third kappa shape index (κ3) is 3.36. The van der Waals surface area contributed by atoms with Crippen LogP contribution in [0.15, 0.2) is 57.6 Å². The number of furan rings is 2. The van der Waals surface area contributed by atoms with Gasteiger partial charge in [-0.15, -0.1) is 0 Å². The molecule has 24 heavy (non-hydrogen) atoms. The second-order valence-electron chi connectivity index (χ2n) is 5.03. The highest BCUT2D eigenvalue weighted by atomic mass is 19.2. The predicted molar refractivity (Wildman–Crippen MR) is 80.1 cm³/mol. The van der Waals surface area contributed by atoms with Gasteiger partial charge in [0.2, 0.25) is 0 Å². The molecule has 124 valence electrons. The quantitative estimate of drug-likeness (QED) is 0.751. The zero-order valence-corrected chi connectivity index (χ0v) is 12.3. The molecule has 1 amide bonds. The minimum Gasteiger partial charge on any atom is -0.461 e. The number of rotatable bonds is 5. The van der Waals surface area contributed by atoms with Crippen molar-refractivity contribution < 1.29 is 27.5 Å². The van der Waals surface area contributed by atoms with Crippen LogP contribution in [0.3, 0.4) is 0 Å². The number of carbonyl (C=O) groups is 1. The van der Waals surface area contributed by atoms with Gasteiger partial charge in [0, 0.05) is 5.56 Å². The average molecular weight is 333 g/mol. The zero-order valence-electron chi connectivity index (χ0n) is 12.3. The second kappa shape index (κ2) is 6.67. The molecule has 2 N–H and O–H groups in total. The van der Waals surface area contributed by atoms with Crippen molar-refractivity contribution in [2.24, 2.45) is 0 Å². The van der Waals surface area contributed by atoms with Crippen LogP contribution in [0.5, 0.6) is 0 Å². The van der Waals surface area contributed by atoms with Crippen molar-refractivity contribution in [2.45, 2.75) is 6.10 Å². The molecule has 0 radical (unpaired) electrons. The van der Waals surface area contributed by atoms with E-state index in [1.807, 2.05) is 0 Å². The lowest BCUT2D eigenvalue weighted by molar-refractivity contribution is 0.0901. The molecule has 2 heterocycles. The molecule has 0 aliphatic carbocycles. The largest absolute Gasteiger partial charge is 0.461 e. The van der Waals surface area contributed by atoms with Crippen molar-refractivity contribution in [2.75, 3.05) is 6.54 Å². The van der Waals surface area contributed by atoms with E-state index >= 15 is 0 Å². The van der Waals surface area contributed by atoms with E-state index in [0.717, 1.165) is 18.2 Å². The summed E-state index contributed by atoms with van der Waals surface area (Å²) in [6.07, 6.45) is 0.402. The molecule has 3 rings (SSSR count). The third-order valence-electron chi connectivity index (χ3n) is 3.36. The predicted octanol–water partition coefficient (Wildman–Crippen LogP) is 3.28. The lowest BCUT2D eigenvalue weighted by Gasteiger charge is -2.10. The van der Waals surface area contributed by atoms with Crippen molar-refractivity contribution in [1.82, 2.24) is 5.32 Å². The Morgan fingerprint density at radius 2 is 1.96 bits per heavy atom. The van der Waals surface area contributed by atoms with Gasteiger partial charge < -0.3 is 19.3 Å². The number of nitrogens with one attached hydrogen (secondary N) is 1. The SMILES string of the molecule is O=C(NCC(O)c1ccc(-c2ccco2)o1)c1ccc(F)c(F)c1. The summed E-state index contributed by atoms with van der Waals surface area (Å²) in [7, 11) is 0. The number of halogens is 2. The number of hydrogen-bond acceptors (Lipinski definition) is 4. The lowest BCUT2D eigenvalue weighted by atomic mass is 10.2. The summed E-state index contributed by atoms with van der Waals surface area (Å²) >= 11 is 0. The minimum absolute atomic E-state index is 0.0446. The van der Waals surface area contributed by atoms with Crippen LogP contribution in [0.4, 0.5) is 8.78 Å². The van der Waals surface area contributed by atoms with E-state index in [1.165, 1.54) is 6.26 Å². The van der Waals surface area contributed by atoms with Gasteiger partial charge in [-0.25, -0.2) is 8.78 Å². The molecule has 0 spiro atoms. The van der Waals surface area contributed by atoms with Crippen molar-refractivity contribution >= 4 is 5.91 Å². The van der Waals surface area contributed by atoms with Crippen LogP contribution in [0.1, 0.15) is 22.2 Å². The van der Waals surface area contributed by atoms with Crippen LogP contribution in [-0.4, -0.2) is 17.6 Å². The topological polar surface area (TPSA) is 75.6 Å². The van der Waals surface area contributed by atoms with E-state index in [1.54, 1.807) is 24.3 Å². The van der Waals surface area contributed by atoms with Crippen molar-refractivity contribution in [1.29, 1.82) is 0 Å². The fourth-order valence-electron chi connectivity index (χ4n) is 2.11. The molecule has 5 nitrogen and oxygen atoms in total. The standard InChI is InChI=1S/C17H13F2NO4/c18-11-4-3-10(8-12(11)19)17(22)20-9-13(21)14-5-6-16(24-14)15-2-1-7-23-15/h1-8,13,21H,9H2,(H,20,22). The Labute approximate surface area is 135 Å². The van der Waals surface area contributed by atoms with E-state index in [2.05, 4.69) is 5.32 Å². The summed E-state index contributed by atoms with van der Waals surface area (Å²) in [5.41, 5.74) is -0.0446. The minimum atomic E-state index is -1.11. The van der Waals surface area contributed by atoms with Crippen LogP contribution < -0.4 is 5.32 Å². The van der Waals surface area contributed by atoms with E-state index < -0.39 is 23.6 Å². The molecule has 0 saturated heterocycles. The fourth-order valence-corrected chi connectivity index (χ4v) is 2.11. The summed E-state index contributed by atoms with van der Waals surface area (Å²) in [6, 6.07) is 9.42. The molecule has 1 aromatic carbocycles. The number of carbonyl (C=O) groups excluding carboxylic acids is 1. The maximum absolute atomic E-state index is 13.1. The van der Waals surface area contributed by atoms with Crippen LogP contribution in [0.25, 0.3) is 11.5 Å². The maximum atomic E-state index is 13.1. The third-order valence-corrected chi connectivity index (χ3v) is 3.36. The Kier molecular flexibility index (Phi) is 4.43. The van der Waals surface area contributed by atoms with E-state index in [-0.39, 0.29) is 17.9 Å². The highest BCUT2D eigenvalue weighted by molar-refractivity contribution is 5.94. The van der Waals surface area contributed by atoms with Gasteiger partial charge in [-0.1, -0.05) is 0 Å². The van der Waals surface area contributed by atoms with E-state index in [0.29, 0.717) is 11.5 Å². The molecule has 0 fully saturated rings. The number of benzene rings is 1. The second-order valence-corrected chi connectivity index (χ2v) is 5.03. The lowest BCUT2D eigenvalue weighted by Crippen LogP contribution is -2.28. The van der Waals surface area contributed by atoms with Gasteiger partial charge in [0.15, 0.2) is 23.2 Å². The fraction of sp³-hybridized carbons (Fsp3) is 0.118. The summed E-state index contributed by atoms with van der Waals surface area (Å²) in [4.78, 5) is 11.9. The van der Waals surface area contributed by atoms with Gasteiger partial charge in [-0.05, 0) is 42.5 Å². The molecule has 1 unspecified atom stereocenters. The van der Waals surface area contributed by atoms with Gasteiger partial charge >= 0.3 is 0 Å². The van der Waals surface area contributed by atoms with Gasteiger partial charge in [0.1, 0.15) is 11.9 Å². The highest BCUT2D eigenvalue weighted by Crippen LogP contribution is 2.25. The van der Waals surface area contributed by atoms with Gasteiger partial charge in [0.05, 0.1) is 12.8 Å². The Morgan fingerprint density at radius 1 is 1.12 bits per heavy atom. The van der Waals surface area contributed by atoms with E-state index in [4.69, 9.17) is 8.83 Å². The van der Waals surface area contributed by atoms with Crippen LogP contribution >= 0.6 is 0 Å². The Hall–Kier alpha value is -2.93. The molecule has 2 aromatic heterocycles. The monoisotopic (exact) mass is 333 g/mol. The van der Waals surface area contributed by atoms with Crippen LogP contribution in [0, 0.1) is 11.6 Å². The van der Waals surface area contributed by atoms with Crippen LogP contribution in [-0.2, 0) is 0 Å². The summed E-state index contributed by atoms with van der Waals surface area (Å²) in [5, 5.41) is 12.5. The van der Waals surface area contributed by atoms with E-state index in [9.17, 15) is 18.7 Å². The number of hydrogen-bond donors (Lipinski definition) is 2. The molecule has 0 saturated carbocycles. The average Bonchev–Trinajstić information content (AvgIpc) is 3.25. The molecule has 0 bridgehead atoms. The van der Waals surface area contributed by atoms with Gasteiger partial charge in [-0.2, -0.15) is 0 Å². The summed E-state index contributed by atoms with van der Waals surface area (Å²) in [5.74, 6) is -1.58. The molecular weight excluding hydrogens is 320 g/mol. The van der Waals surface area contributed by atoms with Crippen LogP contribution in [0.2, 0.25) is 0 Å². The summed E-state index contributed by atoms with van der Waals surface area (Å²) < 4.78 is 36.6. The normalized spacial score (nSPS) is 12.1.